The second kappa shape index (κ2) is 4.81. The standard InChI is InChI=1S/C14H21N5/c1-11-9-17(2)14(15-11)13-5-4-7-19(13)10-12-6-8-18(3)16-12/h6,8-9,13H,4-5,7,10H2,1-3H3/t13-/m1/s1. The Balaban J connectivity index is 1.79. The molecule has 0 radical (unpaired) electrons. The smallest absolute Gasteiger partial charge is 0.126 e. The summed E-state index contributed by atoms with van der Waals surface area (Å²) >= 11 is 0. The summed E-state index contributed by atoms with van der Waals surface area (Å²) in [4.78, 5) is 7.18. The quantitative estimate of drug-likeness (QED) is 0.843. The highest BCUT2D eigenvalue weighted by Gasteiger charge is 2.29. The van der Waals surface area contributed by atoms with Crippen LogP contribution in [-0.2, 0) is 20.6 Å². The first-order valence-electron chi connectivity index (χ1n) is 6.86. The molecule has 0 aliphatic carbocycles. The second-order valence-electron chi connectivity index (χ2n) is 5.46. The molecule has 3 rings (SSSR count). The third kappa shape index (κ3) is 2.42. The zero-order valence-corrected chi connectivity index (χ0v) is 11.9. The van der Waals surface area contributed by atoms with Crippen LogP contribution in [0.5, 0.6) is 0 Å². The van der Waals surface area contributed by atoms with Crippen LogP contribution in [0.25, 0.3) is 0 Å². The molecule has 1 aliphatic heterocycles. The van der Waals surface area contributed by atoms with Gasteiger partial charge in [0, 0.05) is 33.0 Å². The molecule has 5 nitrogen and oxygen atoms in total. The fourth-order valence-electron chi connectivity index (χ4n) is 3.01. The third-order valence-electron chi connectivity index (χ3n) is 3.83. The Morgan fingerprint density at radius 1 is 1.37 bits per heavy atom. The van der Waals surface area contributed by atoms with Crippen LogP contribution in [0.15, 0.2) is 18.5 Å². The normalized spacial score (nSPS) is 20.3. The summed E-state index contributed by atoms with van der Waals surface area (Å²) in [6.45, 7) is 4.10. The topological polar surface area (TPSA) is 38.9 Å². The Morgan fingerprint density at radius 2 is 2.21 bits per heavy atom. The summed E-state index contributed by atoms with van der Waals surface area (Å²) in [5.41, 5.74) is 2.24. The number of likely N-dealkylation sites (tertiary alicyclic amines) is 1. The lowest BCUT2D eigenvalue weighted by Gasteiger charge is -2.23. The monoisotopic (exact) mass is 259 g/mol. The minimum Gasteiger partial charge on any atom is -0.336 e. The Kier molecular flexibility index (Phi) is 3.14. The highest BCUT2D eigenvalue weighted by atomic mass is 15.3. The molecule has 1 saturated heterocycles. The molecule has 1 atom stereocenters. The van der Waals surface area contributed by atoms with Crippen LogP contribution in [-0.4, -0.2) is 30.8 Å². The molecule has 0 spiro atoms. The molecular weight excluding hydrogens is 238 g/mol. The summed E-state index contributed by atoms with van der Waals surface area (Å²) in [7, 11) is 4.06. The van der Waals surface area contributed by atoms with Crippen molar-refractivity contribution in [2.75, 3.05) is 6.54 Å². The van der Waals surface area contributed by atoms with Crippen molar-refractivity contribution in [1.82, 2.24) is 24.2 Å². The van der Waals surface area contributed by atoms with Gasteiger partial charge < -0.3 is 4.57 Å². The second-order valence-corrected chi connectivity index (χ2v) is 5.46. The predicted octanol–water partition coefficient (Wildman–Crippen LogP) is 1.80. The molecular formula is C14H21N5. The lowest BCUT2D eigenvalue weighted by Crippen LogP contribution is -2.25. The van der Waals surface area contributed by atoms with E-state index in [1.807, 2.05) is 17.9 Å². The van der Waals surface area contributed by atoms with Gasteiger partial charge in [-0.3, -0.25) is 9.58 Å². The van der Waals surface area contributed by atoms with E-state index in [9.17, 15) is 0 Å². The number of aromatic nitrogens is 4. The molecule has 1 fully saturated rings. The minimum atomic E-state index is 0.431. The van der Waals surface area contributed by atoms with E-state index in [0.717, 1.165) is 24.5 Å². The van der Waals surface area contributed by atoms with Gasteiger partial charge in [0.1, 0.15) is 5.82 Å². The van der Waals surface area contributed by atoms with E-state index in [0.29, 0.717) is 6.04 Å². The van der Waals surface area contributed by atoms with E-state index in [4.69, 9.17) is 0 Å². The van der Waals surface area contributed by atoms with E-state index in [-0.39, 0.29) is 0 Å². The molecule has 2 aromatic heterocycles. The molecule has 1 aliphatic rings. The average molecular weight is 259 g/mol. The molecule has 3 heterocycles. The summed E-state index contributed by atoms with van der Waals surface area (Å²) in [6.07, 6.45) is 6.54. The Morgan fingerprint density at radius 3 is 2.84 bits per heavy atom. The SMILES string of the molecule is Cc1cn(C)c([C@H]2CCCN2Cc2ccn(C)n2)n1. The van der Waals surface area contributed by atoms with E-state index in [2.05, 4.69) is 45.8 Å². The number of hydrogen-bond acceptors (Lipinski definition) is 3. The summed E-state index contributed by atoms with van der Waals surface area (Å²) < 4.78 is 4.03. The average Bonchev–Trinajstić information content (AvgIpc) is 3.02. The molecule has 0 unspecified atom stereocenters. The fraction of sp³-hybridized carbons (Fsp3) is 0.571. The van der Waals surface area contributed by atoms with E-state index in [1.54, 1.807) is 0 Å². The molecule has 0 N–H and O–H groups in total. The lowest BCUT2D eigenvalue weighted by molar-refractivity contribution is 0.233. The van der Waals surface area contributed by atoms with Crippen molar-refractivity contribution < 1.29 is 0 Å². The molecule has 5 heteroatoms. The van der Waals surface area contributed by atoms with Gasteiger partial charge in [0.2, 0.25) is 0 Å². The third-order valence-corrected chi connectivity index (χ3v) is 3.83. The van der Waals surface area contributed by atoms with Crippen molar-refractivity contribution in [1.29, 1.82) is 0 Å². The van der Waals surface area contributed by atoms with E-state index < -0.39 is 0 Å². The van der Waals surface area contributed by atoms with Gasteiger partial charge in [0.15, 0.2) is 0 Å². The largest absolute Gasteiger partial charge is 0.336 e. The zero-order valence-electron chi connectivity index (χ0n) is 11.9. The molecule has 0 bridgehead atoms. The van der Waals surface area contributed by atoms with Gasteiger partial charge >= 0.3 is 0 Å². The first-order valence-corrected chi connectivity index (χ1v) is 6.86. The first-order chi connectivity index (χ1) is 9.13. The highest BCUT2D eigenvalue weighted by Crippen LogP contribution is 2.32. The van der Waals surface area contributed by atoms with Crippen LogP contribution in [0.2, 0.25) is 0 Å². The molecule has 102 valence electrons. The highest BCUT2D eigenvalue weighted by molar-refractivity contribution is 5.09. The molecule has 0 amide bonds. The van der Waals surface area contributed by atoms with Gasteiger partial charge in [0.25, 0.3) is 0 Å². The van der Waals surface area contributed by atoms with Gasteiger partial charge in [-0.25, -0.2) is 4.98 Å². The molecule has 0 aromatic carbocycles. The van der Waals surface area contributed by atoms with Crippen molar-refractivity contribution >= 4 is 0 Å². The predicted molar refractivity (Wildman–Crippen MR) is 73.5 cm³/mol. The van der Waals surface area contributed by atoms with Crippen molar-refractivity contribution in [3.05, 3.63) is 35.7 Å². The number of hydrogen-bond donors (Lipinski definition) is 0. The fourth-order valence-corrected chi connectivity index (χ4v) is 3.01. The van der Waals surface area contributed by atoms with E-state index >= 15 is 0 Å². The van der Waals surface area contributed by atoms with Crippen LogP contribution in [0.1, 0.15) is 36.1 Å². The van der Waals surface area contributed by atoms with Crippen molar-refractivity contribution in [2.24, 2.45) is 14.1 Å². The molecule has 2 aromatic rings. The van der Waals surface area contributed by atoms with Crippen molar-refractivity contribution in [3.8, 4) is 0 Å². The maximum absolute atomic E-state index is 4.68. The van der Waals surface area contributed by atoms with Crippen LogP contribution in [0, 0.1) is 6.92 Å². The summed E-state index contributed by atoms with van der Waals surface area (Å²) in [5.74, 6) is 1.19. The first kappa shape index (κ1) is 12.4. The Bertz CT molecular complexity index is 568. The maximum atomic E-state index is 4.68. The van der Waals surface area contributed by atoms with Crippen LogP contribution in [0.3, 0.4) is 0 Å². The van der Waals surface area contributed by atoms with Crippen LogP contribution in [0.4, 0.5) is 0 Å². The van der Waals surface area contributed by atoms with Crippen LogP contribution < -0.4 is 0 Å². The van der Waals surface area contributed by atoms with Gasteiger partial charge in [-0.15, -0.1) is 0 Å². The van der Waals surface area contributed by atoms with Crippen LogP contribution >= 0.6 is 0 Å². The number of rotatable bonds is 3. The minimum absolute atomic E-state index is 0.431. The van der Waals surface area contributed by atoms with Gasteiger partial charge in [-0.2, -0.15) is 5.10 Å². The Labute approximate surface area is 113 Å². The van der Waals surface area contributed by atoms with Crippen molar-refractivity contribution in [3.63, 3.8) is 0 Å². The van der Waals surface area contributed by atoms with Gasteiger partial charge in [-0.05, 0) is 32.4 Å². The summed E-state index contributed by atoms with van der Waals surface area (Å²) in [6, 6.07) is 2.53. The maximum Gasteiger partial charge on any atom is 0.126 e. The molecule has 0 saturated carbocycles. The number of aryl methyl sites for hydroxylation is 3. The van der Waals surface area contributed by atoms with E-state index in [1.165, 1.54) is 18.7 Å². The molecule has 19 heavy (non-hydrogen) atoms. The summed E-state index contributed by atoms with van der Waals surface area (Å²) in [5, 5.41) is 4.48. The number of nitrogens with zero attached hydrogens (tertiary/aromatic N) is 5. The van der Waals surface area contributed by atoms with Crippen molar-refractivity contribution in [2.45, 2.75) is 32.4 Å². The number of imidazole rings is 1. The lowest BCUT2D eigenvalue weighted by atomic mass is 10.2. The van der Waals surface area contributed by atoms with Gasteiger partial charge in [0.05, 0.1) is 17.4 Å². The zero-order chi connectivity index (χ0) is 13.4. The Hall–Kier alpha value is -1.62. The van der Waals surface area contributed by atoms with Gasteiger partial charge in [-0.1, -0.05) is 0 Å².